The third-order valence-corrected chi connectivity index (χ3v) is 6.26. The van der Waals surface area contributed by atoms with E-state index in [2.05, 4.69) is 25.8 Å². The fourth-order valence-electron chi connectivity index (χ4n) is 0.923. The Morgan fingerprint density at radius 3 is 2.30 bits per heavy atom. The van der Waals surface area contributed by atoms with Gasteiger partial charge in [0.2, 0.25) is 8.27 Å². The van der Waals surface area contributed by atoms with Gasteiger partial charge in [0.1, 0.15) is 0 Å². The second-order valence-corrected chi connectivity index (χ2v) is 6.78. The van der Waals surface area contributed by atoms with Crippen molar-refractivity contribution in [3.63, 3.8) is 0 Å². The minimum absolute atomic E-state index is 0.691. The van der Waals surface area contributed by atoms with Crippen LogP contribution >= 0.6 is 11.1 Å². The second kappa shape index (κ2) is 5.16. The first-order chi connectivity index (χ1) is 4.63. The van der Waals surface area contributed by atoms with Gasteiger partial charge in [0.15, 0.2) is 0 Å². The molecule has 0 fully saturated rings. The molecule has 0 saturated heterocycles. The molecule has 0 saturated carbocycles. The highest BCUT2D eigenvalue weighted by molar-refractivity contribution is 7.06. The quantitative estimate of drug-likeness (QED) is 0.515. The maximum absolute atomic E-state index is 6.12. The van der Waals surface area contributed by atoms with Crippen LogP contribution in [0.1, 0.15) is 27.2 Å². The first-order valence-electron chi connectivity index (χ1n) is 3.94. The van der Waals surface area contributed by atoms with Crippen molar-refractivity contribution >= 4 is 19.3 Å². The van der Waals surface area contributed by atoms with Gasteiger partial charge in [-0.05, 0) is 18.5 Å². The molecule has 3 heteroatoms. The number of nitrogens with one attached hydrogen (secondary N) is 1. The molecule has 3 atom stereocenters. The minimum Gasteiger partial charge on any atom is -0.330 e. The van der Waals surface area contributed by atoms with Gasteiger partial charge in [-0.15, -0.1) is 0 Å². The summed E-state index contributed by atoms with van der Waals surface area (Å²) < 4.78 is 0. The molecule has 0 aromatic rings. The Bertz CT molecular complexity index is 79.7. The molecule has 0 radical (unpaired) electrons. The van der Waals surface area contributed by atoms with Crippen molar-refractivity contribution in [2.45, 2.75) is 32.7 Å². The Hall–Kier alpha value is 0.467. The van der Waals surface area contributed by atoms with E-state index >= 15 is 0 Å². The SMILES string of the molecule is CCC(C)C(C)[SiH](Cl)NC. The van der Waals surface area contributed by atoms with Gasteiger partial charge in [-0.25, -0.2) is 0 Å². The largest absolute Gasteiger partial charge is 0.330 e. The average molecular weight is 180 g/mol. The fourth-order valence-corrected chi connectivity index (χ4v) is 3.04. The van der Waals surface area contributed by atoms with Crippen LogP contribution < -0.4 is 4.98 Å². The topological polar surface area (TPSA) is 12.0 Å². The number of hydrogen-bond donors (Lipinski definition) is 1. The zero-order chi connectivity index (χ0) is 8.15. The summed E-state index contributed by atoms with van der Waals surface area (Å²) in [4.78, 5) is 3.18. The summed E-state index contributed by atoms with van der Waals surface area (Å²) in [6, 6.07) is 0. The molecule has 0 aromatic heterocycles. The first-order valence-corrected chi connectivity index (χ1v) is 6.93. The number of rotatable bonds is 4. The molecule has 0 amide bonds. The van der Waals surface area contributed by atoms with Crippen LogP contribution in [0.15, 0.2) is 0 Å². The van der Waals surface area contributed by atoms with E-state index in [9.17, 15) is 0 Å². The van der Waals surface area contributed by atoms with E-state index in [1.807, 2.05) is 7.05 Å². The summed E-state index contributed by atoms with van der Waals surface area (Å²) in [5, 5.41) is 0. The Morgan fingerprint density at radius 2 is 2.00 bits per heavy atom. The average Bonchev–Trinajstić information content (AvgIpc) is 2.00. The van der Waals surface area contributed by atoms with E-state index in [-0.39, 0.29) is 0 Å². The molecular formula is C7H18ClNSi. The molecule has 62 valence electrons. The van der Waals surface area contributed by atoms with E-state index < -0.39 is 8.27 Å². The lowest BCUT2D eigenvalue weighted by molar-refractivity contribution is 0.535. The standard InChI is InChI=1S/C7H18ClNSi/c1-5-6(2)7(3)10(8)9-4/h6-7,9-10H,5H2,1-4H3. The maximum atomic E-state index is 6.12. The Balaban J connectivity index is 3.69. The van der Waals surface area contributed by atoms with E-state index in [4.69, 9.17) is 11.1 Å². The Labute approximate surface area is 70.5 Å². The lowest BCUT2D eigenvalue weighted by atomic mass is 10.1. The highest BCUT2D eigenvalue weighted by Gasteiger charge is 2.19. The molecule has 0 aromatic carbocycles. The Morgan fingerprint density at radius 1 is 1.50 bits per heavy atom. The smallest absolute Gasteiger partial charge is 0.213 e. The van der Waals surface area contributed by atoms with Crippen LogP contribution in [0.2, 0.25) is 5.54 Å². The van der Waals surface area contributed by atoms with Crippen LogP contribution in [0.3, 0.4) is 0 Å². The monoisotopic (exact) mass is 179 g/mol. The van der Waals surface area contributed by atoms with E-state index in [0.717, 1.165) is 5.92 Å². The van der Waals surface area contributed by atoms with Gasteiger partial charge in [0.05, 0.1) is 0 Å². The van der Waals surface area contributed by atoms with Gasteiger partial charge in [-0.2, -0.15) is 11.1 Å². The number of halogens is 1. The fraction of sp³-hybridized carbons (Fsp3) is 1.00. The summed E-state index contributed by atoms with van der Waals surface area (Å²) in [6.07, 6.45) is 1.24. The van der Waals surface area contributed by atoms with Gasteiger partial charge < -0.3 is 4.98 Å². The summed E-state index contributed by atoms with van der Waals surface area (Å²) in [6.45, 7) is 6.73. The Kier molecular flexibility index (Phi) is 5.40. The molecule has 1 N–H and O–H groups in total. The van der Waals surface area contributed by atoms with E-state index in [1.54, 1.807) is 0 Å². The third-order valence-electron chi connectivity index (χ3n) is 2.28. The normalized spacial score (nSPS) is 20.1. The lowest BCUT2D eigenvalue weighted by Gasteiger charge is -2.21. The van der Waals surface area contributed by atoms with Crippen molar-refractivity contribution in [1.82, 2.24) is 4.98 Å². The highest BCUT2D eigenvalue weighted by atomic mass is 35.6. The molecule has 1 nitrogen and oxygen atoms in total. The van der Waals surface area contributed by atoms with Crippen LogP contribution in [-0.4, -0.2) is 15.3 Å². The van der Waals surface area contributed by atoms with E-state index in [0.29, 0.717) is 5.54 Å². The van der Waals surface area contributed by atoms with Crippen LogP contribution in [0.5, 0.6) is 0 Å². The molecule has 0 aliphatic heterocycles. The van der Waals surface area contributed by atoms with Crippen LogP contribution in [0, 0.1) is 5.92 Å². The van der Waals surface area contributed by atoms with Gasteiger partial charge in [0.25, 0.3) is 0 Å². The first kappa shape index (κ1) is 10.5. The van der Waals surface area contributed by atoms with Crippen molar-refractivity contribution in [2.75, 3.05) is 7.05 Å². The van der Waals surface area contributed by atoms with Crippen molar-refractivity contribution < 1.29 is 0 Å². The maximum Gasteiger partial charge on any atom is 0.213 e. The van der Waals surface area contributed by atoms with Crippen molar-refractivity contribution in [2.24, 2.45) is 5.92 Å². The summed E-state index contributed by atoms with van der Waals surface area (Å²) in [7, 11) is 0.832. The number of hydrogen-bond acceptors (Lipinski definition) is 1. The van der Waals surface area contributed by atoms with Crippen molar-refractivity contribution in [3.8, 4) is 0 Å². The molecule has 0 spiro atoms. The molecule has 10 heavy (non-hydrogen) atoms. The van der Waals surface area contributed by atoms with Gasteiger partial charge in [0, 0.05) is 0 Å². The summed E-state index contributed by atoms with van der Waals surface area (Å²) in [5.74, 6) is 0.765. The van der Waals surface area contributed by atoms with Crippen LogP contribution in [0.4, 0.5) is 0 Å². The summed E-state index contributed by atoms with van der Waals surface area (Å²) in [5.41, 5.74) is 0.691. The van der Waals surface area contributed by atoms with E-state index in [1.165, 1.54) is 6.42 Å². The van der Waals surface area contributed by atoms with Crippen LogP contribution in [0.25, 0.3) is 0 Å². The molecule has 0 bridgehead atoms. The van der Waals surface area contributed by atoms with Crippen molar-refractivity contribution in [1.29, 1.82) is 0 Å². The summed E-state index contributed by atoms with van der Waals surface area (Å²) >= 11 is 6.12. The third kappa shape index (κ3) is 3.04. The van der Waals surface area contributed by atoms with Gasteiger partial charge >= 0.3 is 0 Å². The predicted molar refractivity (Wildman–Crippen MR) is 50.9 cm³/mol. The molecule has 0 heterocycles. The van der Waals surface area contributed by atoms with Crippen molar-refractivity contribution in [3.05, 3.63) is 0 Å². The molecule has 0 aliphatic carbocycles. The predicted octanol–water partition coefficient (Wildman–Crippen LogP) is 2.10. The molecule has 0 aliphatic rings. The van der Waals surface area contributed by atoms with Gasteiger partial charge in [-0.3, -0.25) is 0 Å². The van der Waals surface area contributed by atoms with Crippen LogP contribution in [-0.2, 0) is 0 Å². The minimum atomic E-state index is -1.13. The molecule has 3 unspecified atom stereocenters. The van der Waals surface area contributed by atoms with Gasteiger partial charge in [-0.1, -0.05) is 27.2 Å². The molecular weight excluding hydrogens is 162 g/mol. The lowest BCUT2D eigenvalue weighted by Crippen LogP contribution is -2.31. The zero-order valence-corrected chi connectivity index (χ0v) is 9.23. The highest BCUT2D eigenvalue weighted by Crippen LogP contribution is 2.23. The molecule has 0 rings (SSSR count). The second-order valence-electron chi connectivity index (χ2n) is 2.94. The zero-order valence-electron chi connectivity index (χ0n) is 7.32.